The molecule has 0 aliphatic heterocycles. The van der Waals surface area contributed by atoms with E-state index in [2.05, 4.69) is 44.4 Å². The van der Waals surface area contributed by atoms with E-state index in [0.717, 1.165) is 16.7 Å². The van der Waals surface area contributed by atoms with Crippen LogP contribution in [0.3, 0.4) is 0 Å². The fourth-order valence-corrected chi connectivity index (χ4v) is 4.25. The molecule has 1 aliphatic carbocycles. The van der Waals surface area contributed by atoms with Gasteiger partial charge in [0.2, 0.25) is 5.90 Å². The zero-order chi connectivity index (χ0) is 19.1. The van der Waals surface area contributed by atoms with E-state index >= 15 is 0 Å². The molecule has 27 heavy (non-hydrogen) atoms. The summed E-state index contributed by atoms with van der Waals surface area (Å²) in [6.45, 7) is 6.31. The zero-order valence-electron chi connectivity index (χ0n) is 16.6. The Hall–Kier alpha value is -2.00. The fraction of sp³-hybridized carbons (Fsp3) is 0.375. The molecule has 0 unspecified atom stereocenters. The molecule has 0 radical (unpaired) electrons. The van der Waals surface area contributed by atoms with Crippen LogP contribution in [0.2, 0.25) is 0 Å². The monoisotopic (exact) mass is 379 g/mol. The molecular weight excluding hydrogens is 350 g/mol. The lowest BCUT2D eigenvalue weighted by atomic mass is 10.0. The Balaban J connectivity index is 1.78. The van der Waals surface area contributed by atoms with E-state index in [1.807, 2.05) is 42.1 Å². The maximum absolute atomic E-state index is 6.11. The summed E-state index contributed by atoms with van der Waals surface area (Å²) in [5.41, 5.74) is 4.62. The van der Waals surface area contributed by atoms with Crippen LogP contribution in [-0.2, 0) is 0 Å². The van der Waals surface area contributed by atoms with Crippen molar-refractivity contribution in [3.63, 3.8) is 0 Å². The van der Waals surface area contributed by atoms with Crippen molar-refractivity contribution in [2.24, 2.45) is 4.99 Å². The molecule has 0 bridgehead atoms. The SMILES string of the molecule is Cc1cccc(OC(/C=C/SC2CCCCC2)=N\c2ccc(C)c(C)c2)c1. The first-order chi connectivity index (χ1) is 13.1. The fourth-order valence-electron chi connectivity index (χ4n) is 3.23. The lowest BCUT2D eigenvalue weighted by Gasteiger charge is -2.19. The van der Waals surface area contributed by atoms with Crippen LogP contribution in [0.4, 0.5) is 5.69 Å². The number of nitrogens with zero attached hydrogens (tertiary/aromatic N) is 1. The van der Waals surface area contributed by atoms with Gasteiger partial charge in [-0.25, -0.2) is 4.99 Å². The molecule has 2 nitrogen and oxygen atoms in total. The minimum absolute atomic E-state index is 0.632. The molecule has 0 spiro atoms. The number of aryl methyl sites for hydroxylation is 3. The van der Waals surface area contributed by atoms with E-state index in [0.29, 0.717) is 5.90 Å². The van der Waals surface area contributed by atoms with Crippen molar-refractivity contribution in [3.05, 3.63) is 70.6 Å². The minimum atomic E-state index is 0.632. The third-order valence-electron chi connectivity index (χ3n) is 4.98. The van der Waals surface area contributed by atoms with Crippen molar-refractivity contribution in [2.75, 3.05) is 0 Å². The molecule has 0 saturated heterocycles. The summed E-state index contributed by atoms with van der Waals surface area (Å²) in [7, 11) is 0. The van der Waals surface area contributed by atoms with Crippen molar-refractivity contribution >= 4 is 23.3 Å². The van der Waals surface area contributed by atoms with Gasteiger partial charge in [-0.05, 0) is 80.0 Å². The number of aliphatic imine (C=N–C) groups is 1. The minimum Gasteiger partial charge on any atom is -0.439 e. The van der Waals surface area contributed by atoms with Crippen LogP contribution in [0.25, 0.3) is 0 Å². The highest BCUT2D eigenvalue weighted by atomic mass is 32.2. The first kappa shape index (κ1) is 19.8. The molecule has 0 heterocycles. The lowest BCUT2D eigenvalue weighted by Crippen LogP contribution is -2.07. The second kappa shape index (κ2) is 9.80. The van der Waals surface area contributed by atoms with Gasteiger partial charge in [-0.3, -0.25) is 0 Å². The summed E-state index contributed by atoms with van der Waals surface area (Å²) in [5, 5.41) is 2.89. The van der Waals surface area contributed by atoms with Crippen molar-refractivity contribution in [2.45, 2.75) is 58.1 Å². The normalized spacial score (nSPS) is 16.0. The first-order valence-corrected chi connectivity index (χ1v) is 10.8. The molecule has 2 aromatic rings. The van der Waals surface area contributed by atoms with Gasteiger partial charge < -0.3 is 4.74 Å². The standard InChI is InChI=1S/C24H29NOS/c1-18-8-7-9-22(16-18)26-24(14-15-27-23-10-5-4-6-11-23)25-21-13-12-19(2)20(3)17-21/h7-9,12-17,23H,4-6,10-11H2,1-3H3/b15-14+,25-24-. The van der Waals surface area contributed by atoms with Gasteiger partial charge in [0.05, 0.1) is 5.69 Å². The highest BCUT2D eigenvalue weighted by Gasteiger charge is 2.12. The Morgan fingerprint density at radius 2 is 1.81 bits per heavy atom. The van der Waals surface area contributed by atoms with Crippen LogP contribution in [0, 0.1) is 20.8 Å². The van der Waals surface area contributed by atoms with Crippen molar-refractivity contribution in [1.82, 2.24) is 0 Å². The quantitative estimate of drug-likeness (QED) is 0.401. The van der Waals surface area contributed by atoms with Gasteiger partial charge in [-0.2, -0.15) is 0 Å². The summed E-state index contributed by atoms with van der Waals surface area (Å²) in [4.78, 5) is 4.76. The molecule has 142 valence electrons. The highest BCUT2D eigenvalue weighted by molar-refractivity contribution is 8.02. The van der Waals surface area contributed by atoms with E-state index in [1.165, 1.54) is 48.8 Å². The van der Waals surface area contributed by atoms with Crippen LogP contribution in [0.15, 0.2) is 58.9 Å². The van der Waals surface area contributed by atoms with E-state index < -0.39 is 0 Å². The Morgan fingerprint density at radius 3 is 2.56 bits per heavy atom. The Bertz CT molecular complexity index is 819. The Kier molecular flexibility index (Phi) is 7.17. The van der Waals surface area contributed by atoms with Crippen molar-refractivity contribution in [3.8, 4) is 5.75 Å². The van der Waals surface area contributed by atoms with Crippen molar-refractivity contribution < 1.29 is 4.74 Å². The molecule has 1 saturated carbocycles. The molecule has 1 fully saturated rings. The van der Waals surface area contributed by atoms with Crippen LogP contribution in [0.5, 0.6) is 5.75 Å². The van der Waals surface area contributed by atoms with Gasteiger partial charge in [0.25, 0.3) is 0 Å². The molecule has 0 N–H and O–H groups in total. The molecule has 0 amide bonds. The van der Waals surface area contributed by atoms with Gasteiger partial charge in [-0.1, -0.05) is 37.5 Å². The highest BCUT2D eigenvalue weighted by Crippen LogP contribution is 2.29. The number of ether oxygens (including phenoxy) is 1. The number of thioether (sulfide) groups is 1. The molecule has 3 rings (SSSR count). The molecular formula is C24H29NOS. The predicted octanol–water partition coefficient (Wildman–Crippen LogP) is 7.30. The van der Waals surface area contributed by atoms with Crippen LogP contribution < -0.4 is 4.74 Å². The molecule has 0 aromatic heterocycles. The van der Waals surface area contributed by atoms with E-state index in [9.17, 15) is 0 Å². The number of hydrogen-bond donors (Lipinski definition) is 0. The molecule has 3 heteroatoms. The number of rotatable bonds is 5. The van der Waals surface area contributed by atoms with Crippen LogP contribution in [-0.4, -0.2) is 11.1 Å². The smallest absolute Gasteiger partial charge is 0.220 e. The average Bonchev–Trinajstić information content (AvgIpc) is 2.65. The lowest BCUT2D eigenvalue weighted by molar-refractivity contribution is 0.517. The number of hydrogen-bond acceptors (Lipinski definition) is 3. The van der Waals surface area contributed by atoms with Gasteiger partial charge in [0.1, 0.15) is 5.75 Å². The zero-order valence-corrected chi connectivity index (χ0v) is 17.4. The topological polar surface area (TPSA) is 21.6 Å². The van der Waals surface area contributed by atoms with Gasteiger partial charge in [-0.15, -0.1) is 11.8 Å². The van der Waals surface area contributed by atoms with Crippen LogP contribution >= 0.6 is 11.8 Å². The predicted molar refractivity (Wildman–Crippen MR) is 118 cm³/mol. The summed E-state index contributed by atoms with van der Waals surface area (Å²) >= 11 is 1.91. The maximum atomic E-state index is 6.11. The average molecular weight is 380 g/mol. The van der Waals surface area contributed by atoms with Gasteiger partial charge in [0.15, 0.2) is 0 Å². The summed E-state index contributed by atoms with van der Waals surface area (Å²) in [6.07, 6.45) is 8.74. The largest absolute Gasteiger partial charge is 0.439 e. The maximum Gasteiger partial charge on any atom is 0.220 e. The third kappa shape index (κ3) is 6.28. The third-order valence-corrected chi connectivity index (χ3v) is 6.13. The van der Waals surface area contributed by atoms with Crippen LogP contribution in [0.1, 0.15) is 48.8 Å². The Labute approximate surface area is 167 Å². The summed E-state index contributed by atoms with van der Waals surface area (Å²) in [5.74, 6) is 1.46. The summed E-state index contributed by atoms with van der Waals surface area (Å²) in [6, 6.07) is 14.4. The molecule has 2 aromatic carbocycles. The first-order valence-electron chi connectivity index (χ1n) is 9.82. The molecule has 1 aliphatic rings. The van der Waals surface area contributed by atoms with Crippen molar-refractivity contribution in [1.29, 1.82) is 0 Å². The molecule has 0 atom stereocenters. The number of benzene rings is 2. The Morgan fingerprint density at radius 1 is 1.00 bits per heavy atom. The van der Waals surface area contributed by atoms with E-state index in [-0.39, 0.29) is 0 Å². The van der Waals surface area contributed by atoms with Gasteiger partial charge in [0, 0.05) is 11.3 Å². The second-order valence-corrected chi connectivity index (χ2v) is 8.55. The summed E-state index contributed by atoms with van der Waals surface area (Å²) < 4.78 is 6.11. The van der Waals surface area contributed by atoms with E-state index in [4.69, 9.17) is 9.73 Å². The van der Waals surface area contributed by atoms with Gasteiger partial charge >= 0.3 is 0 Å². The second-order valence-electron chi connectivity index (χ2n) is 7.34. The van der Waals surface area contributed by atoms with E-state index in [1.54, 1.807) is 0 Å².